The van der Waals surface area contributed by atoms with Crippen LogP contribution >= 0.6 is 0 Å². The minimum Gasteiger partial charge on any atom is -0.497 e. The van der Waals surface area contributed by atoms with Crippen molar-refractivity contribution in [1.82, 2.24) is 15.0 Å². The van der Waals surface area contributed by atoms with Gasteiger partial charge in [0.25, 0.3) is 5.91 Å². The molecule has 0 fully saturated rings. The number of anilines is 1. The Balaban J connectivity index is 1.77. The summed E-state index contributed by atoms with van der Waals surface area (Å²) in [4.78, 5) is 47.5. The molecule has 0 aliphatic carbocycles. The van der Waals surface area contributed by atoms with Gasteiger partial charge >= 0.3 is 11.7 Å². The van der Waals surface area contributed by atoms with E-state index in [0.29, 0.717) is 34.1 Å². The molecule has 2 atom stereocenters. The molecule has 36 heavy (non-hydrogen) atoms. The highest BCUT2D eigenvalue weighted by atomic mass is 16.5. The topological polar surface area (TPSA) is 124 Å². The molecule has 0 spiro atoms. The molecule has 2 N–H and O–H groups in total. The second-order valence-corrected chi connectivity index (χ2v) is 8.23. The van der Waals surface area contributed by atoms with Crippen molar-refractivity contribution in [2.75, 3.05) is 19.1 Å². The Morgan fingerprint density at radius 1 is 1.08 bits per heavy atom. The van der Waals surface area contributed by atoms with E-state index in [4.69, 9.17) is 9.47 Å². The highest BCUT2D eigenvalue weighted by Crippen LogP contribution is 2.41. The van der Waals surface area contributed by atoms with E-state index in [1.54, 1.807) is 62.4 Å². The quantitative estimate of drug-likeness (QED) is 0.385. The summed E-state index contributed by atoms with van der Waals surface area (Å²) < 4.78 is 11.8. The van der Waals surface area contributed by atoms with E-state index in [2.05, 4.69) is 20.8 Å². The van der Waals surface area contributed by atoms with Crippen molar-refractivity contribution in [3.8, 4) is 11.4 Å². The van der Waals surface area contributed by atoms with Gasteiger partial charge in [-0.3, -0.25) is 20.4 Å². The lowest BCUT2D eigenvalue weighted by atomic mass is 9.82. The number of hydrogen-bond acceptors (Lipinski definition) is 8. The highest BCUT2D eigenvalue weighted by molar-refractivity contribution is 6.04. The maximum absolute atomic E-state index is 13.2. The fourth-order valence-electron chi connectivity index (χ4n) is 4.26. The molecule has 10 nitrogen and oxygen atoms in total. The van der Waals surface area contributed by atoms with Crippen LogP contribution in [0.15, 0.2) is 64.4 Å². The molecule has 4 rings (SSSR count). The smallest absolute Gasteiger partial charge is 0.355 e. The van der Waals surface area contributed by atoms with Gasteiger partial charge in [-0.1, -0.05) is 25.1 Å². The summed E-state index contributed by atoms with van der Waals surface area (Å²) in [6, 6.07) is 15.5. The van der Waals surface area contributed by atoms with E-state index in [1.165, 1.54) is 11.7 Å². The predicted molar refractivity (Wildman–Crippen MR) is 135 cm³/mol. The predicted octanol–water partition coefficient (Wildman–Crippen LogP) is 3.39. The average molecular weight is 490 g/mol. The third-order valence-electron chi connectivity index (χ3n) is 6.00. The zero-order chi connectivity index (χ0) is 25.8. The van der Waals surface area contributed by atoms with E-state index in [9.17, 15) is 14.4 Å². The van der Waals surface area contributed by atoms with Gasteiger partial charge in [-0.05, 0) is 50.2 Å². The van der Waals surface area contributed by atoms with E-state index >= 15 is 0 Å². The lowest BCUT2D eigenvalue weighted by molar-refractivity contribution is -0.146. The Labute approximate surface area is 208 Å². The molecule has 1 aromatic heterocycles. The van der Waals surface area contributed by atoms with Gasteiger partial charge < -0.3 is 9.47 Å². The summed E-state index contributed by atoms with van der Waals surface area (Å²) in [5, 5.41) is 0. The summed E-state index contributed by atoms with van der Waals surface area (Å²) in [5.74, 6) is -0.895. The molecular formula is C26H27N5O5. The number of nitrogens with zero attached hydrogens (tertiary/aromatic N) is 3. The molecule has 10 heteroatoms. The molecule has 1 aliphatic heterocycles. The number of methoxy groups -OCH3 is 1. The van der Waals surface area contributed by atoms with Crippen LogP contribution in [0.1, 0.15) is 42.6 Å². The molecule has 186 valence electrons. The van der Waals surface area contributed by atoms with Crippen molar-refractivity contribution in [3.05, 3.63) is 76.2 Å². The number of carbonyl (C=O) groups is 2. The van der Waals surface area contributed by atoms with Gasteiger partial charge in [-0.25, -0.2) is 14.4 Å². The zero-order valence-corrected chi connectivity index (χ0v) is 20.4. The van der Waals surface area contributed by atoms with Gasteiger partial charge in [-0.15, -0.1) is 0 Å². The number of esters is 1. The van der Waals surface area contributed by atoms with Crippen LogP contribution in [-0.4, -0.2) is 40.9 Å². The van der Waals surface area contributed by atoms with Crippen molar-refractivity contribution >= 4 is 29.2 Å². The molecule has 3 aromatic rings. The van der Waals surface area contributed by atoms with Crippen LogP contribution in [-0.2, 0) is 9.53 Å². The number of aliphatic imine (C=N–C) groups is 1. The molecule has 0 saturated heterocycles. The van der Waals surface area contributed by atoms with Crippen molar-refractivity contribution in [2.45, 2.75) is 26.7 Å². The van der Waals surface area contributed by atoms with Crippen molar-refractivity contribution < 1.29 is 19.1 Å². The first-order valence-electron chi connectivity index (χ1n) is 11.5. The molecule has 2 unspecified atom stereocenters. The second kappa shape index (κ2) is 10.4. The zero-order valence-electron chi connectivity index (χ0n) is 20.4. The summed E-state index contributed by atoms with van der Waals surface area (Å²) in [6.07, 6.45) is 0. The van der Waals surface area contributed by atoms with Crippen LogP contribution in [0.2, 0.25) is 0 Å². The SMILES string of the molecule is CCOC(=O)C1C(C)=Nc2c(c(NNC(=O)c3ccc(OC)cc3)nc(=O)n2-c2ccccc2)C1C. The number of nitrogens with one attached hydrogen (secondary N) is 2. The number of carbonyl (C=O) groups excluding carboxylic acids is 2. The third-order valence-corrected chi connectivity index (χ3v) is 6.00. The Morgan fingerprint density at radius 3 is 2.42 bits per heavy atom. The van der Waals surface area contributed by atoms with Crippen LogP contribution < -0.4 is 21.3 Å². The number of benzene rings is 2. The second-order valence-electron chi connectivity index (χ2n) is 8.23. The molecule has 0 bridgehead atoms. The van der Waals surface area contributed by atoms with E-state index in [0.717, 1.165) is 0 Å². The maximum Gasteiger partial charge on any atom is 0.355 e. The minimum atomic E-state index is -0.668. The van der Waals surface area contributed by atoms with Crippen LogP contribution in [0.4, 0.5) is 11.6 Å². The Kier molecular flexibility index (Phi) is 7.14. The summed E-state index contributed by atoms with van der Waals surface area (Å²) in [5.41, 5.74) is 6.77. The lowest BCUT2D eigenvalue weighted by Gasteiger charge is -2.30. The Morgan fingerprint density at radius 2 is 1.78 bits per heavy atom. The first-order valence-corrected chi connectivity index (χ1v) is 11.5. The maximum atomic E-state index is 13.2. The number of aromatic nitrogens is 2. The normalized spacial score (nSPS) is 16.4. The standard InChI is InChI=1S/C26H27N5O5/c1-5-36-25(33)20-15(2)21-22(29-30-24(32)17-11-13-19(35-4)14-12-17)28-26(34)31(23(21)27-16(20)3)18-9-7-6-8-10-18/h6-15,20H,5H2,1-4H3,(H,30,32)(H,28,29,34). The fourth-order valence-corrected chi connectivity index (χ4v) is 4.26. The molecular weight excluding hydrogens is 462 g/mol. The van der Waals surface area contributed by atoms with Gasteiger partial charge in [0.2, 0.25) is 0 Å². The average Bonchev–Trinajstić information content (AvgIpc) is 2.87. The summed E-state index contributed by atoms with van der Waals surface area (Å²) in [7, 11) is 1.54. The largest absolute Gasteiger partial charge is 0.497 e. The number of rotatable bonds is 7. The van der Waals surface area contributed by atoms with E-state index in [-0.39, 0.29) is 12.4 Å². The van der Waals surface area contributed by atoms with Crippen molar-refractivity contribution in [2.24, 2.45) is 10.9 Å². The summed E-state index contributed by atoms with van der Waals surface area (Å²) in [6.45, 7) is 5.55. The van der Waals surface area contributed by atoms with Crippen LogP contribution in [0, 0.1) is 5.92 Å². The molecule has 0 radical (unpaired) electrons. The fraction of sp³-hybridized carbons (Fsp3) is 0.269. The van der Waals surface area contributed by atoms with Crippen molar-refractivity contribution in [1.29, 1.82) is 0 Å². The van der Waals surface area contributed by atoms with Gasteiger partial charge in [0.05, 0.1) is 19.4 Å². The first-order chi connectivity index (χ1) is 17.3. The number of ether oxygens (including phenoxy) is 2. The van der Waals surface area contributed by atoms with Gasteiger partial charge in [0.1, 0.15) is 17.5 Å². The molecule has 1 amide bonds. The number of fused-ring (bicyclic) bond motifs is 1. The van der Waals surface area contributed by atoms with Crippen molar-refractivity contribution in [3.63, 3.8) is 0 Å². The number of para-hydroxylation sites is 1. The van der Waals surface area contributed by atoms with E-state index in [1.807, 2.05) is 13.0 Å². The summed E-state index contributed by atoms with van der Waals surface area (Å²) >= 11 is 0. The molecule has 1 aliphatic rings. The Bertz CT molecular complexity index is 1370. The molecule has 0 saturated carbocycles. The lowest BCUT2D eigenvalue weighted by Crippen LogP contribution is -2.37. The monoisotopic (exact) mass is 489 g/mol. The molecule has 2 heterocycles. The Hall–Kier alpha value is -4.47. The van der Waals surface area contributed by atoms with Crippen LogP contribution in [0.25, 0.3) is 5.69 Å². The van der Waals surface area contributed by atoms with Gasteiger partial charge in [0.15, 0.2) is 5.82 Å². The van der Waals surface area contributed by atoms with Gasteiger partial charge in [0, 0.05) is 22.8 Å². The number of amides is 1. The van der Waals surface area contributed by atoms with Crippen LogP contribution in [0.3, 0.4) is 0 Å². The number of hydrogen-bond donors (Lipinski definition) is 2. The third kappa shape index (κ3) is 4.70. The van der Waals surface area contributed by atoms with E-state index < -0.39 is 29.4 Å². The molecule has 2 aromatic carbocycles. The highest BCUT2D eigenvalue weighted by Gasteiger charge is 2.38. The van der Waals surface area contributed by atoms with Crippen LogP contribution in [0.5, 0.6) is 5.75 Å². The first kappa shape index (κ1) is 24.6. The minimum absolute atomic E-state index is 0.113. The van der Waals surface area contributed by atoms with Gasteiger partial charge in [-0.2, -0.15) is 4.98 Å². The number of hydrazine groups is 1.